The number of rotatable bonds is 4. The van der Waals surface area contributed by atoms with Crippen molar-refractivity contribution in [1.29, 1.82) is 5.26 Å². The van der Waals surface area contributed by atoms with Gasteiger partial charge in [-0.2, -0.15) is 5.26 Å². The van der Waals surface area contributed by atoms with Gasteiger partial charge in [0.1, 0.15) is 0 Å². The van der Waals surface area contributed by atoms with Crippen molar-refractivity contribution in [3.63, 3.8) is 0 Å². The predicted octanol–water partition coefficient (Wildman–Crippen LogP) is 3.34. The van der Waals surface area contributed by atoms with Gasteiger partial charge in [-0.15, -0.1) is 0 Å². The van der Waals surface area contributed by atoms with Crippen LogP contribution in [0.25, 0.3) is 0 Å². The van der Waals surface area contributed by atoms with Crippen LogP contribution in [0.1, 0.15) is 25.5 Å². The van der Waals surface area contributed by atoms with Gasteiger partial charge in [-0.25, -0.2) is 0 Å². The Morgan fingerprint density at radius 2 is 1.82 bits per heavy atom. The molecule has 0 saturated carbocycles. The fourth-order valence-corrected chi connectivity index (χ4v) is 1.85. The molecule has 0 fully saturated rings. The molecule has 1 aromatic carbocycles. The molecule has 0 aromatic heterocycles. The first-order valence-corrected chi connectivity index (χ1v) is 5.90. The molecule has 0 heterocycles. The standard InChI is InChI=1S/C12H13Cl2NO2/c1-7(16)8(2)17-11(6-15)12-9(13)4-3-5-10(12)14/h3-5,7-8,11,16H,1-2H3. The molecule has 1 N–H and O–H groups in total. The molecular formula is C12H13Cl2NO2. The van der Waals surface area contributed by atoms with Crippen molar-refractivity contribution in [2.24, 2.45) is 0 Å². The van der Waals surface area contributed by atoms with Crippen LogP contribution in [-0.4, -0.2) is 17.3 Å². The maximum atomic E-state index is 9.35. The van der Waals surface area contributed by atoms with E-state index in [1.165, 1.54) is 0 Å². The summed E-state index contributed by atoms with van der Waals surface area (Å²) in [6, 6.07) is 6.96. The van der Waals surface area contributed by atoms with E-state index < -0.39 is 18.3 Å². The van der Waals surface area contributed by atoms with Gasteiger partial charge in [0.2, 0.25) is 0 Å². The summed E-state index contributed by atoms with van der Waals surface area (Å²) in [5.74, 6) is 0. The highest BCUT2D eigenvalue weighted by Crippen LogP contribution is 2.32. The smallest absolute Gasteiger partial charge is 0.172 e. The first-order valence-electron chi connectivity index (χ1n) is 5.14. The van der Waals surface area contributed by atoms with E-state index in [-0.39, 0.29) is 0 Å². The molecule has 0 aliphatic heterocycles. The summed E-state index contributed by atoms with van der Waals surface area (Å²) in [4.78, 5) is 0. The third-order valence-corrected chi connectivity index (χ3v) is 3.07. The quantitative estimate of drug-likeness (QED) is 0.916. The van der Waals surface area contributed by atoms with Crippen LogP contribution in [0.5, 0.6) is 0 Å². The number of ether oxygens (including phenoxy) is 1. The molecule has 0 bridgehead atoms. The number of nitrogens with zero attached hydrogens (tertiary/aromatic N) is 1. The van der Waals surface area contributed by atoms with Crippen LogP contribution in [0.2, 0.25) is 10.0 Å². The number of benzene rings is 1. The van der Waals surface area contributed by atoms with Crippen molar-refractivity contribution in [2.45, 2.75) is 32.2 Å². The molecule has 3 atom stereocenters. The van der Waals surface area contributed by atoms with E-state index in [1.807, 2.05) is 6.07 Å². The molecule has 92 valence electrons. The van der Waals surface area contributed by atoms with Crippen LogP contribution in [-0.2, 0) is 4.74 Å². The van der Waals surface area contributed by atoms with Gasteiger partial charge < -0.3 is 9.84 Å². The lowest BCUT2D eigenvalue weighted by atomic mass is 10.1. The molecule has 0 aliphatic rings. The zero-order valence-electron chi connectivity index (χ0n) is 9.52. The van der Waals surface area contributed by atoms with E-state index in [1.54, 1.807) is 32.0 Å². The van der Waals surface area contributed by atoms with Gasteiger partial charge in [0.25, 0.3) is 0 Å². The monoisotopic (exact) mass is 273 g/mol. The Kier molecular flexibility index (Phi) is 5.23. The summed E-state index contributed by atoms with van der Waals surface area (Å²) < 4.78 is 5.43. The van der Waals surface area contributed by atoms with Gasteiger partial charge in [0.05, 0.1) is 18.3 Å². The topological polar surface area (TPSA) is 53.2 Å². The second-order valence-corrected chi connectivity index (χ2v) is 4.54. The van der Waals surface area contributed by atoms with Crippen molar-refractivity contribution in [3.05, 3.63) is 33.8 Å². The Labute approximate surface area is 111 Å². The summed E-state index contributed by atoms with van der Waals surface area (Å²) in [6.45, 7) is 3.27. The molecular weight excluding hydrogens is 261 g/mol. The maximum absolute atomic E-state index is 9.35. The van der Waals surface area contributed by atoms with Crippen molar-refractivity contribution in [1.82, 2.24) is 0 Å². The lowest BCUT2D eigenvalue weighted by Crippen LogP contribution is -2.24. The van der Waals surface area contributed by atoms with Crippen LogP contribution in [0.4, 0.5) is 0 Å². The van der Waals surface area contributed by atoms with E-state index in [0.717, 1.165) is 0 Å². The molecule has 5 heteroatoms. The molecule has 0 saturated heterocycles. The summed E-state index contributed by atoms with van der Waals surface area (Å²) in [6.07, 6.45) is -2.04. The lowest BCUT2D eigenvalue weighted by Gasteiger charge is -2.21. The zero-order chi connectivity index (χ0) is 13.0. The van der Waals surface area contributed by atoms with Crippen molar-refractivity contribution in [2.75, 3.05) is 0 Å². The minimum atomic E-state index is -0.888. The maximum Gasteiger partial charge on any atom is 0.172 e. The minimum Gasteiger partial charge on any atom is -0.391 e. The second-order valence-electron chi connectivity index (χ2n) is 3.73. The third kappa shape index (κ3) is 3.58. The number of nitriles is 1. The summed E-state index contributed by atoms with van der Waals surface area (Å²) in [7, 11) is 0. The Balaban J connectivity index is 2.99. The van der Waals surface area contributed by atoms with E-state index in [9.17, 15) is 5.11 Å². The normalized spacial score (nSPS) is 16.0. The van der Waals surface area contributed by atoms with Crippen molar-refractivity contribution in [3.8, 4) is 6.07 Å². The number of hydrogen-bond donors (Lipinski definition) is 1. The summed E-state index contributed by atoms with van der Waals surface area (Å²) in [5.41, 5.74) is 0.436. The highest BCUT2D eigenvalue weighted by atomic mass is 35.5. The Hall–Kier alpha value is -0.790. The molecule has 0 aliphatic carbocycles. The SMILES string of the molecule is CC(O)C(C)OC(C#N)c1c(Cl)cccc1Cl. The van der Waals surface area contributed by atoms with Crippen LogP contribution in [0, 0.1) is 11.3 Å². The third-order valence-electron chi connectivity index (χ3n) is 2.41. The number of aliphatic hydroxyl groups excluding tert-OH is 1. The van der Waals surface area contributed by atoms with Gasteiger partial charge in [-0.3, -0.25) is 0 Å². The number of hydrogen-bond acceptors (Lipinski definition) is 3. The molecule has 0 spiro atoms. The molecule has 17 heavy (non-hydrogen) atoms. The zero-order valence-corrected chi connectivity index (χ0v) is 11.0. The molecule has 3 unspecified atom stereocenters. The van der Waals surface area contributed by atoms with E-state index in [2.05, 4.69) is 0 Å². The molecule has 0 radical (unpaired) electrons. The first kappa shape index (κ1) is 14.3. The molecule has 3 nitrogen and oxygen atoms in total. The van der Waals surface area contributed by atoms with Crippen LogP contribution < -0.4 is 0 Å². The van der Waals surface area contributed by atoms with Crippen LogP contribution in [0.3, 0.4) is 0 Å². The fraction of sp³-hybridized carbons (Fsp3) is 0.417. The highest BCUT2D eigenvalue weighted by molar-refractivity contribution is 6.36. The minimum absolute atomic E-state index is 0.377. The second kappa shape index (κ2) is 6.23. The van der Waals surface area contributed by atoms with E-state index >= 15 is 0 Å². The van der Waals surface area contributed by atoms with Crippen molar-refractivity contribution >= 4 is 23.2 Å². The van der Waals surface area contributed by atoms with Gasteiger partial charge in [-0.05, 0) is 26.0 Å². The van der Waals surface area contributed by atoms with Crippen LogP contribution >= 0.6 is 23.2 Å². The lowest BCUT2D eigenvalue weighted by molar-refractivity contribution is -0.0425. The average Bonchev–Trinajstić information content (AvgIpc) is 2.26. The fourth-order valence-electron chi connectivity index (χ4n) is 1.25. The van der Waals surface area contributed by atoms with E-state index in [4.69, 9.17) is 33.2 Å². The first-order chi connectivity index (χ1) is 7.97. The Bertz CT molecular complexity index is 409. The highest BCUT2D eigenvalue weighted by Gasteiger charge is 2.22. The van der Waals surface area contributed by atoms with Gasteiger partial charge in [0.15, 0.2) is 6.10 Å². The van der Waals surface area contributed by atoms with Gasteiger partial charge in [0, 0.05) is 15.6 Å². The Morgan fingerprint density at radius 1 is 1.29 bits per heavy atom. The average molecular weight is 274 g/mol. The van der Waals surface area contributed by atoms with Crippen LogP contribution in [0.15, 0.2) is 18.2 Å². The van der Waals surface area contributed by atoms with Gasteiger partial charge in [-0.1, -0.05) is 29.3 Å². The summed E-state index contributed by atoms with van der Waals surface area (Å²) >= 11 is 12.0. The van der Waals surface area contributed by atoms with Crippen molar-refractivity contribution < 1.29 is 9.84 Å². The van der Waals surface area contributed by atoms with Gasteiger partial charge >= 0.3 is 0 Å². The summed E-state index contributed by atoms with van der Waals surface area (Å²) in [5, 5.41) is 19.2. The Morgan fingerprint density at radius 3 is 2.24 bits per heavy atom. The number of aliphatic hydroxyl groups is 1. The largest absolute Gasteiger partial charge is 0.391 e. The predicted molar refractivity (Wildman–Crippen MR) is 67.0 cm³/mol. The molecule has 1 rings (SSSR count). The number of halogens is 2. The molecule has 0 amide bonds. The van der Waals surface area contributed by atoms with E-state index in [0.29, 0.717) is 15.6 Å². The molecule has 1 aromatic rings.